The fraction of sp³-hybridized carbons (Fsp3) is 0.556. The highest BCUT2D eigenvalue weighted by atomic mass is 16.2. The third kappa shape index (κ3) is 2.82. The molecule has 1 saturated carbocycles. The lowest BCUT2D eigenvalue weighted by molar-refractivity contribution is -0.130. The Kier molecular flexibility index (Phi) is 4.04. The Labute approximate surface area is 148 Å². The van der Waals surface area contributed by atoms with Crippen molar-refractivity contribution in [3.63, 3.8) is 0 Å². The number of hydrogen-bond donors (Lipinski definition) is 1. The van der Waals surface area contributed by atoms with Gasteiger partial charge in [-0.25, -0.2) is 9.97 Å². The van der Waals surface area contributed by atoms with Crippen LogP contribution in [0.4, 0.5) is 5.82 Å². The fourth-order valence-corrected chi connectivity index (χ4v) is 4.42. The SMILES string of the molecule is CN(c1ncnc2[nH]ccc12)C1C[C@@H]2CN(C(=O)CCC#N)C[C@@H]2C1.[HH]. The fourth-order valence-electron chi connectivity index (χ4n) is 4.42. The second-order valence-electron chi connectivity index (χ2n) is 7.15. The number of rotatable bonds is 4. The quantitative estimate of drug-likeness (QED) is 0.921. The van der Waals surface area contributed by atoms with Crippen LogP contribution < -0.4 is 4.90 Å². The molecule has 1 saturated heterocycles. The third-order valence-corrected chi connectivity index (χ3v) is 5.74. The maximum atomic E-state index is 12.1. The lowest BCUT2D eigenvalue weighted by atomic mass is 10.0. The number of nitrogens with one attached hydrogen (secondary N) is 1. The predicted octanol–water partition coefficient (Wildman–Crippen LogP) is 2.18. The van der Waals surface area contributed by atoms with Crippen molar-refractivity contribution in [2.75, 3.05) is 25.0 Å². The van der Waals surface area contributed by atoms with Gasteiger partial charge >= 0.3 is 0 Å². The van der Waals surface area contributed by atoms with E-state index in [9.17, 15) is 4.79 Å². The molecule has 2 fully saturated rings. The molecule has 1 amide bonds. The minimum atomic E-state index is 0. The van der Waals surface area contributed by atoms with Gasteiger partial charge in [-0.1, -0.05) is 0 Å². The van der Waals surface area contributed by atoms with Gasteiger partial charge in [0.15, 0.2) is 0 Å². The van der Waals surface area contributed by atoms with Gasteiger partial charge in [0.1, 0.15) is 17.8 Å². The summed E-state index contributed by atoms with van der Waals surface area (Å²) in [5.41, 5.74) is 0.865. The summed E-state index contributed by atoms with van der Waals surface area (Å²) in [5.74, 6) is 2.22. The van der Waals surface area contributed by atoms with Crippen LogP contribution in [0.15, 0.2) is 18.6 Å². The molecule has 0 spiro atoms. The minimum absolute atomic E-state index is 0. The summed E-state index contributed by atoms with van der Waals surface area (Å²) in [6.07, 6.45) is 6.33. The van der Waals surface area contributed by atoms with Crippen LogP contribution in [0.2, 0.25) is 0 Å². The van der Waals surface area contributed by atoms with E-state index in [0.29, 0.717) is 30.7 Å². The molecule has 25 heavy (non-hydrogen) atoms. The second-order valence-corrected chi connectivity index (χ2v) is 7.15. The Balaban J connectivity index is 0.00000196. The average Bonchev–Trinajstić information content (AvgIpc) is 3.31. The Morgan fingerprint density at radius 3 is 2.92 bits per heavy atom. The molecule has 1 N–H and O–H groups in total. The predicted molar refractivity (Wildman–Crippen MR) is 95.8 cm³/mol. The number of anilines is 1. The number of amides is 1. The van der Waals surface area contributed by atoms with Gasteiger partial charge in [-0.3, -0.25) is 4.79 Å². The van der Waals surface area contributed by atoms with Gasteiger partial charge in [0, 0.05) is 46.6 Å². The Bertz CT molecular complexity index is 816. The van der Waals surface area contributed by atoms with Crippen LogP contribution in [0.1, 0.15) is 27.1 Å². The summed E-state index contributed by atoms with van der Waals surface area (Å²) >= 11 is 0. The van der Waals surface area contributed by atoms with Crippen LogP contribution in [0, 0.1) is 23.2 Å². The van der Waals surface area contributed by atoms with E-state index in [1.54, 1.807) is 6.33 Å². The molecule has 7 nitrogen and oxygen atoms in total. The zero-order valence-corrected chi connectivity index (χ0v) is 14.4. The lowest BCUT2D eigenvalue weighted by Gasteiger charge is -2.28. The summed E-state index contributed by atoms with van der Waals surface area (Å²) in [7, 11) is 2.11. The number of carbonyl (C=O) groups excluding carboxylic acids is 1. The van der Waals surface area contributed by atoms with Crippen molar-refractivity contribution in [2.24, 2.45) is 11.8 Å². The van der Waals surface area contributed by atoms with E-state index < -0.39 is 0 Å². The zero-order chi connectivity index (χ0) is 17.4. The number of hydrogen-bond acceptors (Lipinski definition) is 5. The largest absolute Gasteiger partial charge is 0.356 e. The number of carbonyl (C=O) groups is 1. The van der Waals surface area contributed by atoms with E-state index in [1.807, 2.05) is 17.2 Å². The molecule has 3 heterocycles. The smallest absolute Gasteiger partial charge is 0.223 e. The molecule has 3 atom stereocenters. The van der Waals surface area contributed by atoms with Gasteiger partial charge in [-0.15, -0.1) is 0 Å². The number of aromatic amines is 1. The van der Waals surface area contributed by atoms with Crippen LogP contribution in [0.5, 0.6) is 0 Å². The van der Waals surface area contributed by atoms with Gasteiger partial charge in [0.05, 0.1) is 11.5 Å². The first-order chi connectivity index (χ1) is 12.2. The van der Waals surface area contributed by atoms with E-state index in [2.05, 4.69) is 33.0 Å². The molecule has 0 bridgehead atoms. The van der Waals surface area contributed by atoms with Crippen LogP contribution >= 0.6 is 0 Å². The Morgan fingerprint density at radius 2 is 2.20 bits per heavy atom. The summed E-state index contributed by atoms with van der Waals surface area (Å²) in [4.78, 5) is 28.3. The van der Waals surface area contributed by atoms with Crippen LogP contribution in [0.3, 0.4) is 0 Å². The number of nitrogens with zero attached hydrogens (tertiary/aromatic N) is 5. The first kappa shape index (κ1) is 15.9. The van der Waals surface area contributed by atoms with E-state index in [4.69, 9.17) is 5.26 Å². The molecule has 4 rings (SSSR count). The molecule has 0 radical (unpaired) electrons. The van der Waals surface area contributed by atoms with E-state index in [-0.39, 0.29) is 7.33 Å². The molecule has 7 heteroatoms. The average molecular weight is 340 g/mol. The molecule has 1 aliphatic heterocycles. The molecule has 2 aliphatic rings. The maximum absolute atomic E-state index is 12.1. The van der Waals surface area contributed by atoms with E-state index in [0.717, 1.165) is 42.8 Å². The number of aromatic nitrogens is 3. The van der Waals surface area contributed by atoms with Crippen molar-refractivity contribution < 1.29 is 6.22 Å². The summed E-state index contributed by atoms with van der Waals surface area (Å²) < 4.78 is 0. The van der Waals surface area contributed by atoms with Gasteiger partial charge < -0.3 is 14.8 Å². The highest BCUT2D eigenvalue weighted by molar-refractivity contribution is 5.87. The number of likely N-dealkylation sites (tertiary alicyclic amines) is 1. The molecule has 2 aromatic rings. The van der Waals surface area contributed by atoms with Gasteiger partial charge in [-0.05, 0) is 30.7 Å². The third-order valence-electron chi connectivity index (χ3n) is 5.74. The summed E-state index contributed by atoms with van der Waals surface area (Å²) in [5, 5.41) is 9.70. The monoisotopic (exact) mass is 340 g/mol. The van der Waals surface area contributed by atoms with Gasteiger partial charge in [0.2, 0.25) is 5.91 Å². The lowest BCUT2D eigenvalue weighted by Crippen LogP contribution is -2.34. The second kappa shape index (κ2) is 6.36. The van der Waals surface area contributed by atoms with E-state index >= 15 is 0 Å². The van der Waals surface area contributed by atoms with Crippen molar-refractivity contribution >= 4 is 22.8 Å². The highest BCUT2D eigenvalue weighted by Gasteiger charge is 2.43. The number of fused-ring (bicyclic) bond motifs is 2. The van der Waals surface area contributed by atoms with Crippen molar-refractivity contribution in [3.8, 4) is 6.07 Å². The standard InChI is InChI=1S/C18H22N6O.H2/c1-23(18-15-4-6-20-17(15)21-11-22-18)14-7-12-9-24(10-13(12)8-14)16(25)3-2-5-19;/h4,6,11-14H,2-3,7-10H2,1H3,(H,20,21,22);1H/t12-,13+,14?;. The topological polar surface area (TPSA) is 88.9 Å². The normalized spacial score (nSPS) is 25.1. The molecule has 132 valence electrons. The summed E-state index contributed by atoms with van der Waals surface area (Å²) in [6, 6.07) is 4.52. The number of H-pyrrole nitrogens is 1. The van der Waals surface area contributed by atoms with Crippen LogP contribution in [-0.4, -0.2) is 51.9 Å². The first-order valence-electron chi connectivity index (χ1n) is 8.83. The highest BCUT2D eigenvalue weighted by Crippen LogP contribution is 2.41. The molecule has 0 aromatic carbocycles. The van der Waals surface area contributed by atoms with Crippen molar-refractivity contribution in [3.05, 3.63) is 18.6 Å². The zero-order valence-electron chi connectivity index (χ0n) is 14.4. The van der Waals surface area contributed by atoms with Gasteiger partial charge in [0.25, 0.3) is 0 Å². The Morgan fingerprint density at radius 1 is 1.44 bits per heavy atom. The molecule has 1 unspecified atom stereocenters. The van der Waals surface area contributed by atoms with Crippen LogP contribution in [0.25, 0.3) is 11.0 Å². The Hall–Kier alpha value is -2.62. The molecular formula is C18H24N6O. The van der Waals surface area contributed by atoms with Gasteiger partial charge in [-0.2, -0.15) is 5.26 Å². The molecular weight excluding hydrogens is 316 g/mol. The minimum Gasteiger partial charge on any atom is -0.356 e. The maximum Gasteiger partial charge on any atom is 0.223 e. The van der Waals surface area contributed by atoms with Crippen molar-refractivity contribution in [1.82, 2.24) is 19.9 Å². The first-order valence-corrected chi connectivity index (χ1v) is 8.83. The molecule has 2 aromatic heterocycles. The van der Waals surface area contributed by atoms with E-state index in [1.165, 1.54) is 0 Å². The van der Waals surface area contributed by atoms with Crippen molar-refractivity contribution in [2.45, 2.75) is 31.7 Å². The summed E-state index contributed by atoms with van der Waals surface area (Å²) in [6.45, 7) is 1.67. The molecule has 1 aliphatic carbocycles. The number of nitriles is 1. The van der Waals surface area contributed by atoms with Crippen molar-refractivity contribution in [1.29, 1.82) is 5.26 Å². The van der Waals surface area contributed by atoms with Crippen LogP contribution in [-0.2, 0) is 4.79 Å².